The van der Waals surface area contributed by atoms with Crippen LogP contribution in [0.2, 0.25) is 0 Å². The summed E-state index contributed by atoms with van der Waals surface area (Å²) in [5.41, 5.74) is 0.587. The van der Waals surface area contributed by atoms with Gasteiger partial charge in [0.15, 0.2) is 0 Å². The van der Waals surface area contributed by atoms with E-state index in [0.29, 0.717) is 21.2 Å². The molecule has 156 valence electrons. The van der Waals surface area contributed by atoms with Gasteiger partial charge in [-0.2, -0.15) is 0 Å². The number of nitrogens with zero attached hydrogens (tertiary/aromatic N) is 1. The van der Waals surface area contributed by atoms with Crippen molar-refractivity contribution in [1.82, 2.24) is 0 Å². The summed E-state index contributed by atoms with van der Waals surface area (Å²) in [5, 5.41) is 7.29. The number of imide groups is 1. The third-order valence-electron chi connectivity index (χ3n) is 4.48. The molecule has 0 bridgehead atoms. The molecular formula is C22H15F2N3O3S. The van der Waals surface area contributed by atoms with E-state index in [-0.39, 0.29) is 17.2 Å². The van der Waals surface area contributed by atoms with Crippen molar-refractivity contribution in [3.05, 3.63) is 82.2 Å². The number of carbonyl (C=O) groups is 3. The Hall–Kier alpha value is -3.85. The number of hydrogen-bond acceptors (Lipinski definition) is 5. The van der Waals surface area contributed by atoms with Crippen LogP contribution >= 0.6 is 11.3 Å². The topological polar surface area (TPSA) is 78.5 Å². The molecule has 6 nitrogen and oxygen atoms in total. The number of amides is 3. The molecule has 0 unspecified atom stereocenters. The standard InChI is InChI=1S/C22H15F2N3O3S/c1-12(28)25-14-5-7-15(8-6-14)26-20-19(18-3-2-10-31-18)21(29)27(22(20)30)17-11-13(23)4-9-16(17)24/h2-11,26H,1H3,(H,25,28). The summed E-state index contributed by atoms with van der Waals surface area (Å²) in [7, 11) is 0. The third kappa shape index (κ3) is 3.95. The van der Waals surface area contributed by atoms with Crippen LogP contribution in [0.15, 0.2) is 65.7 Å². The fraction of sp³-hybridized carbons (Fsp3) is 0.0455. The molecule has 0 saturated heterocycles. The highest BCUT2D eigenvalue weighted by molar-refractivity contribution is 7.11. The van der Waals surface area contributed by atoms with Crippen LogP contribution in [0.25, 0.3) is 5.57 Å². The number of rotatable bonds is 5. The zero-order chi connectivity index (χ0) is 22.1. The van der Waals surface area contributed by atoms with E-state index >= 15 is 0 Å². The lowest BCUT2D eigenvalue weighted by atomic mass is 10.1. The van der Waals surface area contributed by atoms with E-state index in [0.717, 1.165) is 18.2 Å². The number of hydrogen-bond donors (Lipinski definition) is 2. The van der Waals surface area contributed by atoms with E-state index in [1.54, 1.807) is 41.8 Å². The van der Waals surface area contributed by atoms with E-state index in [1.165, 1.54) is 18.3 Å². The van der Waals surface area contributed by atoms with E-state index in [2.05, 4.69) is 10.6 Å². The smallest absolute Gasteiger partial charge is 0.282 e. The van der Waals surface area contributed by atoms with Crippen molar-refractivity contribution < 1.29 is 23.2 Å². The molecule has 2 heterocycles. The Bertz CT molecular complexity index is 1220. The number of nitrogens with one attached hydrogen (secondary N) is 2. The van der Waals surface area contributed by atoms with Gasteiger partial charge in [0.25, 0.3) is 11.8 Å². The summed E-state index contributed by atoms with van der Waals surface area (Å²) in [4.78, 5) is 38.6. The first-order valence-electron chi connectivity index (χ1n) is 9.12. The Morgan fingerprint density at radius 2 is 1.68 bits per heavy atom. The lowest BCUT2D eigenvalue weighted by molar-refractivity contribution is -0.120. The van der Waals surface area contributed by atoms with Crippen molar-refractivity contribution in [1.29, 1.82) is 0 Å². The van der Waals surface area contributed by atoms with Gasteiger partial charge in [0.2, 0.25) is 5.91 Å². The van der Waals surface area contributed by atoms with Gasteiger partial charge in [0.05, 0.1) is 11.3 Å². The Morgan fingerprint density at radius 1 is 0.968 bits per heavy atom. The zero-order valence-electron chi connectivity index (χ0n) is 16.1. The van der Waals surface area contributed by atoms with Crippen LogP contribution in [0, 0.1) is 11.6 Å². The minimum Gasteiger partial charge on any atom is -0.350 e. The van der Waals surface area contributed by atoms with Gasteiger partial charge in [0, 0.05) is 29.2 Å². The normalized spacial score (nSPS) is 13.7. The van der Waals surface area contributed by atoms with Gasteiger partial charge >= 0.3 is 0 Å². The van der Waals surface area contributed by atoms with E-state index in [4.69, 9.17) is 0 Å². The average molecular weight is 439 g/mol. The first kappa shape index (κ1) is 20.4. The fourth-order valence-corrected chi connectivity index (χ4v) is 3.92. The Morgan fingerprint density at radius 3 is 2.32 bits per heavy atom. The highest BCUT2D eigenvalue weighted by atomic mass is 32.1. The summed E-state index contributed by atoms with van der Waals surface area (Å²) >= 11 is 1.24. The predicted molar refractivity (Wildman–Crippen MR) is 114 cm³/mol. The lowest BCUT2D eigenvalue weighted by Gasteiger charge is -2.16. The van der Waals surface area contributed by atoms with Gasteiger partial charge in [-0.25, -0.2) is 13.7 Å². The van der Waals surface area contributed by atoms with E-state index in [9.17, 15) is 23.2 Å². The average Bonchev–Trinajstić information content (AvgIpc) is 3.32. The second-order valence-corrected chi connectivity index (χ2v) is 7.60. The van der Waals surface area contributed by atoms with Crippen molar-refractivity contribution in [2.75, 3.05) is 15.5 Å². The number of thiophene rings is 1. The molecule has 4 rings (SSSR count). The van der Waals surface area contributed by atoms with Crippen LogP contribution in [0.5, 0.6) is 0 Å². The highest BCUT2D eigenvalue weighted by Crippen LogP contribution is 2.36. The first-order valence-corrected chi connectivity index (χ1v) is 10.00. The molecule has 9 heteroatoms. The summed E-state index contributed by atoms with van der Waals surface area (Å²) in [6.07, 6.45) is 0. The number of halogens is 2. The molecule has 0 aliphatic carbocycles. The van der Waals surface area contributed by atoms with Gasteiger partial charge in [-0.05, 0) is 47.8 Å². The van der Waals surface area contributed by atoms with Gasteiger partial charge in [-0.15, -0.1) is 11.3 Å². The second kappa shape index (κ2) is 8.11. The molecule has 1 aromatic heterocycles. The van der Waals surface area contributed by atoms with Crippen LogP contribution in [-0.2, 0) is 14.4 Å². The second-order valence-electron chi connectivity index (χ2n) is 6.65. The summed E-state index contributed by atoms with van der Waals surface area (Å²) in [6, 6.07) is 12.5. The minimum atomic E-state index is -0.894. The van der Waals surface area contributed by atoms with Crippen molar-refractivity contribution in [3.63, 3.8) is 0 Å². The van der Waals surface area contributed by atoms with Gasteiger partial charge in [-0.1, -0.05) is 6.07 Å². The van der Waals surface area contributed by atoms with Gasteiger partial charge in [0.1, 0.15) is 17.3 Å². The Kier molecular flexibility index (Phi) is 5.35. The lowest BCUT2D eigenvalue weighted by Crippen LogP contribution is -2.33. The van der Waals surface area contributed by atoms with Gasteiger partial charge in [-0.3, -0.25) is 14.4 Å². The predicted octanol–water partition coefficient (Wildman–Crippen LogP) is 4.38. The zero-order valence-corrected chi connectivity index (χ0v) is 16.9. The molecular weight excluding hydrogens is 424 g/mol. The third-order valence-corrected chi connectivity index (χ3v) is 5.36. The molecule has 0 atom stereocenters. The highest BCUT2D eigenvalue weighted by Gasteiger charge is 2.41. The molecule has 0 fully saturated rings. The molecule has 2 N–H and O–H groups in total. The quantitative estimate of drug-likeness (QED) is 0.579. The van der Waals surface area contributed by atoms with E-state index < -0.39 is 29.1 Å². The maximum Gasteiger partial charge on any atom is 0.282 e. The summed E-state index contributed by atoms with van der Waals surface area (Å²) < 4.78 is 28.1. The molecule has 2 aromatic carbocycles. The largest absolute Gasteiger partial charge is 0.350 e. The molecule has 31 heavy (non-hydrogen) atoms. The molecule has 3 aromatic rings. The van der Waals surface area contributed by atoms with Crippen molar-refractivity contribution in [2.24, 2.45) is 0 Å². The number of anilines is 3. The van der Waals surface area contributed by atoms with Crippen LogP contribution in [0.3, 0.4) is 0 Å². The molecule has 1 aliphatic rings. The molecule has 0 spiro atoms. The Labute approximate surface area is 179 Å². The Balaban J connectivity index is 1.74. The molecule has 0 radical (unpaired) electrons. The fourth-order valence-electron chi connectivity index (χ4n) is 3.16. The monoisotopic (exact) mass is 439 g/mol. The first-order chi connectivity index (χ1) is 14.8. The van der Waals surface area contributed by atoms with Crippen LogP contribution in [0.1, 0.15) is 11.8 Å². The maximum atomic E-state index is 14.4. The van der Waals surface area contributed by atoms with Crippen molar-refractivity contribution >= 4 is 51.7 Å². The van der Waals surface area contributed by atoms with Crippen molar-refractivity contribution in [2.45, 2.75) is 6.92 Å². The summed E-state index contributed by atoms with van der Waals surface area (Å²) in [5.74, 6) is -3.45. The van der Waals surface area contributed by atoms with Crippen LogP contribution in [0.4, 0.5) is 25.8 Å². The molecule has 0 saturated carbocycles. The van der Waals surface area contributed by atoms with Crippen LogP contribution in [-0.4, -0.2) is 17.7 Å². The number of carbonyl (C=O) groups excluding carboxylic acids is 3. The van der Waals surface area contributed by atoms with Crippen molar-refractivity contribution in [3.8, 4) is 0 Å². The van der Waals surface area contributed by atoms with E-state index in [1.807, 2.05) is 0 Å². The molecule has 1 aliphatic heterocycles. The number of benzene rings is 2. The molecule has 3 amide bonds. The summed E-state index contributed by atoms with van der Waals surface area (Å²) in [6.45, 7) is 1.38. The van der Waals surface area contributed by atoms with Gasteiger partial charge < -0.3 is 10.6 Å². The maximum absolute atomic E-state index is 14.4. The SMILES string of the molecule is CC(=O)Nc1ccc(NC2=C(c3cccs3)C(=O)N(c3cc(F)ccc3F)C2=O)cc1. The van der Waals surface area contributed by atoms with Crippen LogP contribution < -0.4 is 15.5 Å². The minimum absolute atomic E-state index is 0.0524.